The summed E-state index contributed by atoms with van der Waals surface area (Å²) in [6.07, 6.45) is 1.65. The van der Waals surface area contributed by atoms with Crippen molar-refractivity contribution >= 4 is 44.8 Å². The summed E-state index contributed by atoms with van der Waals surface area (Å²) in [7, 11) is 0. The first-order chi connectivity index (χ1) is 10.1. The Morgan fingerprint density at radius 1 is 1.14 bits per heavy atom. The van der Waals surface area contributed by atoms with E-state index in [-0.39, 0.29) is 0 Å². The molecule has 1 N–H and O–H groups in total. The molecular weight excluding hydrogens is 373 g/mol. The minimum Gasteiger partial charge on any atom is -0.486 e. The van der Waals surface area contributed by atoms with Crippen LogP contribution < -0.4 is 10.1 Å². The standard InChI is InChI=1S/C16H14BrCl2NO/c1-2-7-21-16-14(18)8-11(9-15(16)19)10-20-13-5-3-12(17)4-6-13/h2-6,8-9,20H,1,7,10H2. The second-order valence-corrected chi connectivity index (χ2v) is 6.08. The number of halogens is 3. The zero-order valence-electron chi connectivity index (χ0n) is 11.2. The van der Waals surface area contributed by atoms with Gasteiger partial charge < -0.3 is 10.1 Å². The van der Waals surface area contributed by atoms with Gasteiger partial charge in [-0.3, -0.25) is 0 Å². The first kappa shape index (κ1) is 16.2. The first-order valence-electron chi connectivity index (χ1n) is 6.31. The molecule has 2 nitrogen and oxygen atoms in total. The van der Waals surface area contributed by atoms with Crippen molar-refractivity contribution in [2.75, 3.05) is 11.9 Å². The van der Waals surface area contributed by atoms with E-state index in [0.717, 1.165) is 15.7 Å². The van der Waals surface area contributed by atoms with Crippen LogP contribution in [0, 0.1) is 0 Å². The van der Waals surface area contributed by atoms with Crippen LogP contribution in [0.5, 0.6) is 5.75 Å². The molecule has 0 aliphatic heterocycles. The molecule has 0 bridgehead atoms. The summed E-state index contributed by atoms with van der Waals surface area (Å²) in [5.74, 6) is 0.491. The third-order valence-electron chi connectivity index (χ3n) is 2.74. The molecule has 0 saturated heterocycles. The molecule has 0 saturated carbocycles. The zero-order chi connectivity index (χ0) is 15.2. The van der Waals surface area contributed by atoms with E-state index in [0.29, 0.717) is 28.9 Å². The van der Waals surface area contributed by atoms with Crippen LogP contribution in [0.25, 0.3) is 0 Å². The Labute approximate surface area is 142 Å². The predicted molar refractivity (Wildman–Crippen MR) is 93.6 cm³/mol. The number of ether oxygens (including phenoxy) is 1. The van der Waals surface area contributed by atoms with Crippen LogP contribution in [0.15, 0.2) is 53.5 Å². The number of anilines is 1. The summed E-state index contributed by atoms with van der Waals surface area (Å²) >= 11 is 15.8. The van der Waals surface area contributed by atoms with E-state index in [1.165, 1.54) is 0 Å². The lowest BCUT2D eigenvalue weighted by Crippen LogP contribution is -2.01. The predicted octanol–water partition coefficient (Wildman–Crippen LogP) is 5.93. The van der Waals surface area contributed by atoms with Gasteiger partial charge in [0.05, 0.1) is 10.0 Å². The van der Waals surface area contributed by atoms with E-state index in [9.17, 15) is 0 Å². The van der Waals surface area contributed by atoms with Crippen molar-refractivity contribution in [2.45, 2.75) is 6.54 Å². The van der Waals surface area contributed by atoms with Crippen molar-refractivity contribution in [3.8, 4) is 5.75 Å². The molecule has 0 radical (unpaired) electrons. The largest absolute Gasteiger partial charge is 0.486 e. The van der Waals surface area contributed by atoms with Crippen LogP contribution in [0.4, 0.5) is 5.69 Å². The van der Waals surface area contributed by atoms with Crippen molar-refractivity contribution in [2.24, 2.45) is 0 Å². The van der Waals surface area contributed by atoms with E-state index in [2.05, 4.69) is 27.8 Å². The highest BCUT2D eigenvalue weighted by molar-refractivity contribution is 9.10. The number of hydrogen-bond donors (Lipinski definition) is 1. The molecule has 21 heavy (non-hydrogen) atoms. The van der Waals surface area contributed by atoms with E-state index in [1.54, 1.807) is 6.08 Å². The molecule has 0 heterocycles. The molecule has 0 spiro atoms. The molecular formula is C16H14BrCl2NO. The highest BCUT2D eigenvalue weighted by Crippen LogP contribution is 2.34. The number of benzene rings is 2. The Bertz CT molecular complexity index is 606. The van der Waals surface area contributed by atoms with Gasteiger partial charge in [0.1, 0.15) is 6.61 Å². The summed E-state index contributed by atoms with van der Waals surface area (Å²) in [6, 6.07) is 11.6. The molecule has 0 aliphatic rings. The molecule has 0 amide bonds. The SMILES string of the molecule is C=CCOc1c(Cl)cc(CNc2ccc(Br)cc2)cc1Cl. The molecule has 5 heteroatoms. The lowest BCUT2D eigenvalue weighted by atomic mass is 10.2. The molecule has 2 aromatic carbocycles. The van der Waals surface area contributed by atoms with Crippen LogP contribution >= 0.6 is 39.1 Å². The van der Waals surface area contributed by atoms with Crippen LogP contribution in [-0.4, -0.2) is 6.61 Å². The summed E-state index contributed by atoms with van der Waals surface area (Å²) in [4.78, 5) is 0. The highest BCUT2D eigenvalue weighted by Gasteiger charge is 2.09. The maximum atomic E-state index is 6.20. The number of hydrogen-bond acceptors (Lipinski definition) is 2. The Kier molecular flexibility index (Phi) is 5.97. The Balaban J connectivity index is 2.07. The maximum absolute atomic E-state index is 6.20. The smallest absolute Gasteiger partial charge is 0.156 e. The molecule has 0 fully saturated rings. The van der Waals surface area contributed by atoms with Crippen molar-refractivity contribution in [1.82, 2.24) is 0 Å². The molecule has 2 aromatic rings. The molecule has 2 rings (SSSR count). The van der Waals surface area contributed by atoms with E-state index >= 15 is 0 Å². The third-order valence-corrected chi connectivity index (χ3v) is 3.83. The monoisotopic (exact) mass is 385 g/mol. The van der Waals surface area contributed by atoms with Gasteiger partial charge in [0.2, 0.25) is 0 Å². The highest BCUT2D eigenvalue weighted by atomic mass is 79.9. The van der Waals surface area contributed by atoms with E-state index in [4.69, 9.17) is 27.9 Å². The fourth-order valence-corrected chi connectivity index (χ4v) is 2.67. The quantitative estimate of drug-likeness (QED) is 0.621. The van der Waals surface area contributed by atoms with Gasteiger partial charge in [0, 0.05) is 16.7 Å². The number of nitrogens with one attached hydrogen (secondary N) is 1. The van der Waals surface area contributed by atoms with Gasteiger partial charge in [-0.15, -0.1) is 0 Å². The minimum atomic E-state index is 0.371. The van der Waals surface area contributed by atoms with Crippen molar-refractivity contribution in [1.29, 1.82) is 0 Å². The van der Waals surface area contributed by atoms with Gasteiger partial charge in [-0.25, -0.2) is 0 Å². The van der Waals surface area contributed by atoms with Gasteiger partial charge in [0.25, 0.3) is 0 Å². The van der Waals surface area contributed by atoms with Crippen LogP contribution in [0.3, 0.4) is 0 Å². The van der Waals surface area contributed by atoms with Gasteiger partial charge in [-0.2, -0.15) is 0 Å². The third kappa shape index (κ3) is 4.67. The molecule has 0 aromatic heterocycles. The number of rotatable bonds is 6. The average Bonchev–Trinajstić information content (AvgIpc) is 2.46. The van der Waals surface area contributed by atoms with Gasteiger partial charge in [-0.05, 0) is 42.0 Å². The molecule has 110 valence electrons. The van der Waals surface area contributed by atoms with Crippen LogP contribution in [-0.2, 0) is 6.54 Å². The van der Waals surface area contributed by atoms with Gasteiger partial charge in [0.15, 0.2) is 5.75 Å². The fraction of sp³-hybridized carbons (Fsp3) is 0.125. The van der Waals surface area contributed by atoms with E-state index in [1.807, 2.05) is 36.4 Å². The average molecular weight is 387 g/mol. The van der Waals surface area contributed by atoms with E-state index < -0.39 is 0 Å². The van der Waals surface area contributed by atoms with Crippen molar-refractivity contribution in [3.63, 3.8) is 0 Å². The van der Waals surface area contributed by atoms with Gasteiger partial charge >= 0.3 is 0 Å². The second-order valence-electron chi connectivity index (χ2n) is 4.35. The Morgan fingerprint density at radius 3 is 2.33 bits per heavy atom. The van der Waals surface area contributed by atoms with Crippen molar-refractivity contribution in [3.05, 3.63) is 69.1 Å². The summed E-state index contributed by atoms with van der Waals surface area (Å²) < 4.78 is 6.48. The lowest BCUT2D eigenvalue weighted by molar-refractivity contribution is 0.363. The summed E-state index contributed by atoms with van der Waals surface area (Å²) in [6.45, 7) is 4.60. The Morgan fingerprint density at radius 2 is 1.76 bits per heavy atom. The first-order valence-corrected chi connectivity index (χ1v) is 7.86. The fourth-order valence-electron chi connectivity index (χ4n) is 1.77. The maximum Gasteiger partial charge on any atom is 0.156 e. The van der Waals surface area contributed by atoms with Gasteiger partial charge in [-0.1, -0.05) is 51.8 Å². The molecule has 0 atom stereocenters. The summed E-state index contributed by atoms with van der Waals surface area (Å²) in [5, 5.41) is 4.30. The lowest BCUT2D eigenvalue weighted by Gasteiger charge is -2.12. The topological polar surface area (TPSA) is 21.3 Å². The molecule has 0 unspecified atom stereocenters. The molecule has 0 aliphatic carbocycles. The summed E-state index contributed by atoms with van der Waals surface area (Å²) in [5.41, 5.74) is 2.01. The zero-order valence-corrected chi connectivity index (χ0v) is 14.3. The minimum absolute atomic E-state index is 0.371. The van der Waals surface area contributed by atoms with Crippen molar-refractivity contribution < 1.29 is 4.74 Å². The second kappa shape index (κ2) is 7.74. The van der Waals surface area contributed by atoms with Crippen LogP contribution in [0.2, 0.25) is 10.0 Å². The normalized spacial score (nSPS) is 10.2. The van der Waals surface area contributed by atoms with Crippen LogP contribution in [0.1, 0.15) is 5.56 Å². The Hall–Kier alpha value is -1.16.